The van der Waals surface area contributed by atoms with Gasteiger partial charge in [0.25, 0.3) is 17.5 Å². The SMILES string of the molecule is COCCNC(=O)c1c(NC(=O)COC(=O)c2cc([N+](=O)[O-])cn2C)sc2c1CCCC2. The van der Waals surface area contributed by atoms with Crippen LogP contribution in [0, 0.1) is 10.1 Å². The summed E-state index contributed by atoms with van der Waals surface area (Å²) in [6.45, 7) is 0.117. The number of thiophene rings is 1. The first-order chi connectivity index (χ1) is 15.3. The minimum absolute atomic E-state index is 0.0469. The number of anilines is 1. The predicted molar refractivity (Wildman–Crippen MR) is 116 cm³/mol. The summed E-state index contributed by atoms with van der Waals surface area (Å²) < 4.78 is 11.2. The van der Waals surface area contributed by atoms with Crippen LogP contribution in [-0.4, -0.2) is 54.1 Å². The average molecular weight is 465 g/mol. The van der Waals surface area contributed by atoms with Crippen LogP contribution in [0.2, 0.25) is 0 Å². The number of hydrogen-bond acceptors (Lipinski definition) is 8. The Balaban J connectivity index is 1.68. The Morgan fingerprint density at radius 1 is 1.28 bits per heavy atom. The molecule has 172 valence electrons. The molecule has 0 saturated carbocycles. The van der Waals surface area contributed by atoms with E-state index in [1.54, 1.807) is 7.11 Å². The molecule has 0 bridgehead atoms. The lowest BCUT2D eigenvalue weighted by molar-refractivity contribution is -0.384. The van der Waals surface area contributed by atoms with E-state index in [-0.39, 0.29) is 17.3 Å². The summed E-state index contributed by atoms with van der Waals surface area (Å²) in [5.74, 6) is -1.75. The molecule has 32 heavy (non-hydrogen) atoms. The van der Waals surface area contributed by atoms with Crippen molar-refractivity contribution in [1.82, 2.24) is 9.88 Å². The summed E-state index contributed by atoms with van der Waals surface area (Å²) in [5.41, 5.74) is 1.09. The van der Waals surface area contributed by atoms with Gasteiger partial charge in [-0.2, -0.15) is 0 Å². The third kappa shape index (κ3) is 5.32. The number of carbonyl (C=O) groups excluding carboxylic acids is 3. The first kappa shape index (κ1) is 23.4. The van der Waals surface area contributed by atoms with E-state index in [2.05, 4.69) is 10.6 Å². The molecule has 11 nitrogen and oxygen atoms in total. The molecule has 3 rings (SSSR count). The number of aryl methyl sites for hydroxylation is 2. The van der Waals surface area contributed by atoms with Crippen LogP contribution in [0.25, 0.3) is 0 Å². The normalized spacial score (nSPS) is 12.7. The number of nitrogens with one attached hydrogen (secondary N) is 2. The van der Waals surface area contributed by atoms with Crippen molar-refractivity contribution >= 4 is 39.8 Å². The van der Waals surface area contributed by atoms with Gasteiger partial charge in [0.1, 0.15) is 10.7 Å². The van der Waals surface area contributed by atoms with E-state index in [4.69, 9.17) is 9.47 Å². The molecular formula is C20H24N4O7S. The molecule has 2 N–H and O–H groups in total. The molecule has 1 aliphatic rings. The zero-order valence-corrected chi connectivity index (χ0v) is 18.6. The second-order valence-corrected chi connectivity index (χ2v) is 8.34. The Kier molecular flexibility index (Phi) is 7.59. The number of hydrogen-bond donors (Lipinski definition) is 2. The first-order valence-electron chi connectivity index (χ1n) is 10.0. The molecule has 2 heterocycles. The number of amides is 2. The van der Waals surface area contributed by atoms with Gasteiger partial charge in [0.05, 0.1) is 23.3 Å². The molecule has 2 aromatic rings. The summed E-state index contributed by atoms with van der Waals surface area (Å²) in [4.78, 5) is 48.7. The number of nitrogens with zero attached hydrogens (tertiary/aromatic N) is 2. The number of carbonyl (C=O) groups is 3. The second-order valence-electron chi connectivity index (χ2n) is 7.24. The largest absolute Gasteiger partial charge is 0.451 e. The van der Waals surface area contributed by atoms with Crippen molar-refractivity contribution in [2.75, 3.05) is 32.2 Å². The number of esters is 1. The van der Waals surface area contributed by atoms with Gasteiger partial charge in [0, 0.05) is 31.6 Å². The Labute approximate surface area is 187 Å². The van der Waals surface area contributed by atoms with Gasteiger partial charge in [-0.1, -0.05) is 0 Å². The number of ether oxygens (including phenoxy) is 2. The minimum Gasteiger partial charge on any atom is -0.451 e. The third-order valence-corrected chi connectivity index (χ3v) is 6.20. The summed E-state index contributed by atoms with van der Waals surface area (Å²) in [6, 6.07) is 1.08. The van der Waals surface area contributed by atoms with E-state index in [0.717, 1.165) is 42.2 Å². The Morgan fingerprint density at radius 2 is 2.03 bits per heavy atom. The number of fused-ring (bicyclic) bond motifs is 1. The molecule has 2 amide bonds. The monoisotopic (exact) mass is 464 g/mol. The van der Waals surface area contributed by atoms with Gasteiger partial charge in [-0.3, -0.25) is 19.7 Å². The molecule has 0 aliphatic heterocycles. The van der Waals surface area contributed by atoms with Crippen molar-refractivity contribution in [2.24, 2.45) is 7.05 Å². The lowest BCUT2D eigenvalue weighted by Crippen LogP contribution is -2.29. The number of rotatable bonds is 9. The molecule has 0 fully saturated rings. The molecule has 0 unspecified atom stereocenters. The molecule has 0 radical (unpaired) electrons. The molecular weight excluding hydrogens is 440 g/mol. The maximum Gasteiger partial charge on any atom is 0.355 e. The standard InChI is InChI=1S/C20H24N4O7S/c1-23-10-12(24(28)29)9-14(23)20(27)31-11-16(25)22-19-17(18(26)21-7-8-30-2)13-5-3-4-6-15(13)32-19/h9-10H,3-8,11H2,1-2H3,(H,21,26)(H,22,25). The molecule has 0 atom stereocenters. The topological polar surface area (TPSA) is 142 Å². The van der Waals surface area contributed by atoms with Crippen molar-refractivity contribution in [3.05, 3.63) is 44.1 Å². The molecule has 0 aromatic carbocycles. The fraction of sp³-hybridized carbons (Fsp3) is 0.450. The number of nitro groups is 1. The maximum absolute atomic E-state index is 12.7. The molecule has 2 aromatic heterocycles. The second kappa shape index (κ2) is 10.4. The van der Waals surface area contributed by atoms with Crippen LogP contribution in [0.5, 0.6) is 0 Å². The molecule has 1 aliphatic carbocycles. The van der Waals surface area contributed by atoms with E-state index in [0.29, 0.717) is 23.7 Å². The summed E-state index contributed by atoms with van der Waals surface area (Å²) >= 11 is 1.35. The van der Waals surface area contributed by atoms with Crippen LogP contribution in [-0.2, 0) is 34.2 Å². The van der Waals surface area contributed by atoms with E-state index < -0.39 is 23.4 Å². The summed E-state index contributed by atoms with van der Waals surface area (Å²) in [6.07, 6.45) is 4.77. The van der Waals surface area contributed by atoms with Gasteiger partial charge in [0.15, 0.2) is 6.61 Å². The van der Waals surface area contributed by atoms with E-state index in [1.807, 2.05) is 0 Å². The lowest BCUT2D eigenvalue weighted by Gasteiger charge is -2.13. The van der Waals surface area contributed by atoms with Gasteiger partial charge in [-0.25, -0.2) is 4.79 Å². The highest BCUT2D eigenvalue weighted by Gasteiger charge is 2.27. The predicted octanol–water partition coefficient (Wildman–Crippen LogP) is 2.05. The van der Waals surface area contributed by atoms with Gasteiger partial charge >= 0.3 is 5.97 Å². The number of aromatic nitrogens is 1. The van der Waals surface area contributed by atoms with E-state index in [9.17, 15) is 24.5 Å². The van der Waals surface area contributed by atoms with E-state index >= 15 is 0 Å². The summed E-state index contributed by atoms with van der Waals surface area (Å²) in [5, 5.41) is 16.7. The van der Waals surface area contributed by atoms with Gasteiger partial charge in [-0.15, -0.1) is 11.3 Å². The molecule has 0 spiro atoms. The Morgan fingerprint density at radius 3 is 2.72 bits per heavy atom. The molecule has 12 heteroatoms. The highest BCUT2D eigenvalue weighted by molar-refractivity contribution is 7.17. The third-order valence-electron chi connectivity index (χ3n) is 4.99. The van der Waals surface area contributed by atoms with Crippen molar-refractivity contribution in [3.63, 3.8) is 0 Å². The van der Waals surface area contributed by atoms with Crippen molar-refractivity contribution < 1.29 is 28.8 Å². The van der Waals surface area contributed by atoms with Crippen molar-refractivity contribution in [3.8, 4) is 0 Å². The summed E-state index contributed by atoms with van der Waals surface area (Å²) in [7, 11) is 3.01. The average Bonchev–Trinajstić information content (AvgIpc) is 3.32. The number of methoxy groups -OCH3 is 1. The highest BCUT2D eigenvalue weighted by atomic mass is 32.1. The molecule has 0 saturated heterocycles. The van der Waals surface area contributed by atoms with Crippen molar-refractivity contribution in [2.45, 2.75) is 25.7 Å². The fourth-order valence-electron chi connectivity index (χ4n) is 3.47. The Bertz CT molecular complexity index is 1040. The smallest absolute Gasteiger partial charge is 0.355 e. The van der Waals surface area contributed by atoms with Crippen LogP contribution in [0.3, 0.4) is 0 Å². The van der Waals surface area contributed by atoms with Gasteiger partial charge < -0.3 is 24.7 Å². The lowest BCUT2D eigenvalue weighted by atomic mass is 9.95. The van der Waals surface area contributed by atoms with Crippen LogP contribution in [0.1, 0.15) is 44.1 Å². The zero-order valence-electron chi connectivity index (χ0n) is 17.8. The van der Waals surface area contributed by atoms with Crippen LogP contribution in [0.15, 0.2) is 12.3 Å². The highest BCUT2D eigenvalue weighted by Crippen LogP contribution is 2.38. The van der Waals surface area contributed by atoms with Crippen LogP contribution >= 0.6 is 11.3 Å². The maximum atomic E-state index is 12.7. The first-order valence-corrected chi connectivity index (χ1v) is 10.8. The van der Waals surface area contributed by atoms with Crippen LogP contribution < -0.4 is 10.6 Å². The van der Waals surface area contributed by atoms with Crippen molar-refractivity contribution in [1.29, 1.82) is 0 Å². The van der Waals surface area contributed by atoms with E-state index in [1.165, 1.54) is 29.1 Å². The van der Waals surface area contributed by atoms with Crippen LogP contribution in [0.4, 0.5) is 10.7 Å². The Hall–Kier alpha value is -3.25. The minimum atomic E-state index is -0.862. The quantitative estimate of drug-likeness (QED) is 0.250. The zero-order chi connectivity index (χ0) is 23.3. The fourth-order valence-corrected chi connectivity index (χ4v) is 4.77. The van der Waals surface area contributed by atoms with Gasteiger partial charge in [-0.05, 0) is 31.2 Å². The van der Waals surface area contributed by atoms with Gasteiger partial charge in [0.2, 0.25) is 0 Å².